The van der Waals surface area contributed by atoms with Gasteiger partial charge in [-0.05, 0) is 57.2 Å². The predicted molar refractivity (Wildman–Crippen MR) is 113 cm³/mol. The molecular formula is C20H25ClN4O2S. The number of benzene rings is 1. The molecule has 1 aliphatic carbocycles. The first-order valence-electron chi connectivity index (χ1n) is 9.45. The van der Waals surface area contributed by atoms with Crippen LogP contribution in [0.25, 0.3) is 11.4 Å². The fourth-order valence-corrected chi connectivity index (χ4v) is 4.04. The summed E-state index contributed by atoms with van der Waals surface area (Å²) in [6.45, 7) is 2.53. The molecule has 1 atom stereocenters. The van der Waals surface area contributed by atoms with E-state index in [-0.39, 0.29) is 11.2 Å². The number of hydrogen-bond donors (Lipinski definition) is 2. The van der Waals surface area contributed by atoms with Gasteiger partial charge in [0.2, 0.25) is 11.1 Å². The summed E-state index contributed by atoms with van der Waals surface area (Å²) in [5.74, 6) is 1.20. The van der Waals surface area contributed by atoms with Crippen LogP contribution in [0.1, 0.15) is 39.0 Å². The van der Waals surface area contributed by atoms with Crippen molar-refractivity contribution in [2.45, 2.75) is 49.4 Å². The van der Waals surface area contributed by atoms with Crippen LogP contribution in [0.4, 0.5) is 0 Å². The number of hydrogen-bond acceptors (Lipinski definition) is 5. The lowest BCUT2D eigenvalue weighted by molar-refractivity contribution is -0.120. The summed E-state index contributed by atoms with van der Waals surface area (Å²) in [7, 11) is 1.59. The van der Waals surface area contributed by atoms with Gasteiger partial charge >= 0.3 is 0 Å². The highest BCUT2D eigenvalue weighted by molar-refractivity contribution is 8.00. The average Bonchev–Trinajstić information content (AvgIpc) is 3.17. The molecule has 0 aliphatic heterocycles. The number of rotatable bonds is 8. The maximum Gasteiger partial charge on any atom is 0.233 e. The molecule has 28 heavy (non-hydrogen) atoms. The van der Waals surface area contributed by atoms with Crippen LogP contribution in [0.3, 0.4) is 0 Å². The van der Waals surface area contributed by atoms with Crippen molar-refractivity contribution >= 4 is 29.3 Å². The van der Waals surface area contributed by atoms with E-state index < -0.39 is 0 Å². The third-order valence-corrected chi connectivity index (χ3v) is 5.86. The summed E-state index contributed by atoms with van der Waals surface area (Å²) in [6, 6.07) is 5.31. The molecular weight excluding hydrogens is 396 g/mol. The van der Waals surface area contributed by atoms with E-state index in [1.165, 1.54) is 36.6 Å². The van der Waals surface area contributed by atoms with Crippen molar-refractivity contribution in [3.8, 4) is 17.1 Å². The number of aromatic nitrogens is 3. The fourth-order valence-electron chi connectivity index (χ4n) is 3.12. The van der Waals surface area contributed by atoms with Gasteiger partial charge in [-0.2, -0.15) is 0 Å². The Bertz CT molecular complexity index is 852. The molecule has 0 fully saturated rings. The Morgan fingerprint density at radius 1 is 1.43 bits per heavy atom. The Kier molecular flexibility index (Phi) is 7.39. The van der Waals surface area contributed by atoms with Gasteiger partial charge in [0.05, 0.1) is 17.9 Å². The lowest BCUT2D eigenvalue weighted by atomic mass is 9.97. The summed E-state index contributed by atoms with van der Waals surface area (Å²) in [5.41, 5.74) is 2.19. The van der Waals surface area contributed by atoms with Crippen LogP contribution >= 0.6 is 23.4 Å². The first-order chi connectivity index (χ1) is 13.6. The molecule has 8 heteroatoms. The molecule has 1 heterocycles. The number of ether oxygens (including phenoxy) is 1. The number of H-pyrrole nitrogens is 1. The molecule has 3 rings (SSSR count). The van der Waals surface area contributed by atoms with Crippen molar-refractivity contribution in [2.75, 3.05) is 13.7 Å². The molecule has 0 radical (unpaired) electrons. The third-order valence-electron chi connectivity index (χ3n) is 4.66. The Labute approximate surface area is 174 Å². The smallest absolute Gasteiger partial charge is 0.233 e. The number of carbonyl (C=O) groups is 1. The third kappa shape index (κ3) is 5.52. The van der Waals surface area contributed by atoms with Crippen molar-refractivity contribution in [3.63, 3.8) is 0 Å². The normalized spacial score (nSPS) is 15.0. The number of thioether (sulfide) groups is 1. The van der Waals surface area contributed by atoms with Crippen molar-refractivity contribution in [3.05, 3.63) is 34.9 Å². The minimum Gasteiger partial charge on any atom is -0.496 e. The maximum atomic E-state index is 12.4. The van der Waals surface area contributed by atoms with Crippen molar-refractivity contribution in [2.24, 2.45) is 0 Å². The highest BCUT2D eigenvalue weighted by Gasteiger charge is 2.18. The molecule has 0 saturated carbocycles. The Hall–Kier alpha value is -1.99. The van der Waals surface area contributed by atoms with Crippen LogP contribution in [0.15, 0.2) is 35.0 Å². The average molecular weight is 421 g/mol. The standard InChI is InChI=1S/C20H25ClN4O2S/c1-13(19(26)22-11-10-14-6-4-3-5-7-14)28-20-23-18(24-25-20)16-12-15(21)8-9-17(16)27-2/h6,8-9,12-13H,3-5,7,10-11H2,1-2H3,(H,22,26)(H,23,24,25). The molecule has 0 bridgehead atoms. The number of carbonyl (C=O) groups excluding carboxylic acids is 1. The minimum absolute atomic E-state index is 0.00639. The first-order valence-corrected chi connectivity index (χ1v) is 10.7. The molecule has 1 amide bonds. The maximum absolute atomic E-state index is 12.4. The Morgan fingerprint density at radius 3 is 3.04 bits per heavy atom. The van der Waals surface area contributed by atoms with Gasteiger partial charge in [-0.15, -0.1) is 5.10 Å². The summed E-state index contributed by atoms with van der Waals surface area (Å²) >= 11 is 7.40. The number of halogens is 1. The van der Waals surface area contributed by atoms with Gasteiger partial charge in [-0.25, -0.2) is 4.98 Å². The van der Waals surface area contributed by atoms with E-state index in [2.05, 4.69) is 26.6 Å². The lowest BCUT2D eigenvalue weighted by Crippen LogP contribution is -2.32. The molecule has 1 aliphatic rings. The van der Waals surface area contributed by atoms with E-state index in [0.717, 1.165) is 18.4 Å². The highest BCUT2D eigenvalue weighted by Crippen LogP contribution is 2.31. The fraction of sp³-hybridized carbons (Fsp3) is 0.450. The molecule has 0 saturated heterocycles. The summed E-state index contributed by atoms with van der Waals surface area (Å²) in [4.78, 5) is 16.8. The zero-order chi connectivity index (χ0) is 19.9. The van der Waals surface area contributed by atoms with Gasteiger partial charge in [0.1, 0.15) is 5.75 Å². The van der Waals surface area contributed by atoms with Crippen LogP contribution in [-0.2, 0) is 4.79 Å². The second-order valence-electron chi connectivity index (χ2n) is 6.72. The quantitative estimate of drug-likeness (QED) is 0.481. The molecule has 2 N–H and O–H groups in total. The van der Waals surface area contributed by atoms with Crippen LogP contribution in [-0.4, -0.2) is 40.0 Å². The van der Waals surface area contributed by atoms with Gasteiger partial charge in [-0.1, -0.05) is 35.0 Å². The van der Waals surface area contributed by atoms with E-state index in [1.807, 2.05) is 6.92 Å². The number of aromatic amines is 1. The van der Waals surface area contributed by atoms with Gasteiger partial charge in [0.25, 0.3) is 0 Å². The number of methoxy groups -OCH3 is 1. The van der Waals surface area contributed by atoms with E-state index in [1.54, 1.807) is 25.3 Å². The second kappa shape index (κ2) is 9.98. The van der Waals surface area contributed by atoms with Gasteiger partial charge in [-0.3, -0.25) is 9.89 Å². The van der Waals surface area contributed by atoms with Gasteiger partial charge in [0, 0.05) is 11.6 Å². The van der Waals surface area contributed by atoms with Gasteiger partial charge < -0.3 is 10.1 Å². The first kappa shape index (κ1) is 20.7. The van der Waals surface area contributed by atoms with E-state index >= 15 is 0 Å². The predicted octanol–water partition coefficient (Wildman–Crippen LogP) is 4.62. The number of nitrogens with one attached hydrogen (secondary N) is 2. The zero-order valence-electron chi connectivity index (χ0n) is 16.1. The van der Waals surface area contributed by atoms with Crippen LogP contribution in [0.5, 0.6) is 5.75 Å². The number of nitrogens with zero attached hydrogens (tertiary/aromatic N) is 2. The summed E-state index contributed by atoms with van der Waals surface area (Å²) in [5, 5.41) is 10.9. The van der Waals surface area contributed by atoms with Crippen molar-refractivity contribution < 1.29 is 9.53 Å². The number of allylic oxidation sites excluding steroid dienone is 1. The number of amides is 1. The molecule has 0 spiro atoms. The molecule has 6 nitrogen and oxygen atoms in total. The Balaban J connectivity index is 1.54. The van der Waals surface area contributed by atoms with E-state index in [4.69, 9.17) is 16.3 Å². The zero-order valence-corrected chi connectivity index (χ0v) is 17.7. The molecule has 150 valence electrons. The lowest BCUT2D eigenvalue weighted by Gasteiger charge is -2.14. The minimum atomic E-state index is -0.287. The molecule has 1 aromatic heterocycles. The van der Waals surface area contributed by atoms with Crippen LogP contribution in [0.2, 0.25) is 5.02 Å². The van der Waals surface area contributed by atoms with Crippen LogP contribution in [0, 0.1) is 0 Å². The molecule has 1 aromatic carbocycles. The molecule has 2 aromatic rings. The van der Waals surface area contributed by atoms with E-state index in [0.29, 0.717) is 28.3 Å². The second-order valence-corrected chi connectivity index (χ2v) is 8.46. The topological polar surface area (TPSA) is 79.9 Å². The monoisotopic (exact) mass is 420 g/mol. The largest absolute Gasteiger partial charge is 0.496 e. The summed E-state index contributed by atoms with van der Waals surface area (Å²) < 4.78 is 5.36. The highest BCUT2D eigenvalue weighted by atomic mass is 35.5. The van der Waals surface area contributed by atoms with Crippen molar-refractivity contribution in [1.82, 2.24) is 20.5 Å². The summed E-state index contributed by atoms with van der Waals surface area (Å²) in [6.07, 6.45) is 8.11. The SMILES string of the molecule is COc1ccc(Cl)cc1-c1nc(SC(C)C(=O)NCCC2=CCCCC2)n[nH]1. The van der Waals surface area contributed by atoms with Crippen molar-refractivity contribution in [1.29, 1.82) is 0 Å². The molecule has 1 unspecified atom stereocenters. The van der Waals surface area contributed by atoms with E-state index in [9.17, 15) is 4.79 Å². The Morgan fingerprint density at radius 2 is 2.29 bits per heavy atom. The van der Waals surface area contributed by atoms with Gasteiger partial charge in [0.15, 0.2) is 5.82 Å². The van der Waals surface area contributed by atoms with Crippen LogP contribution < -0.4 is 10.1 Å².